The van der Waals surface area contributed by atoms with E-state index in [2.05, 4.69) is 10.6 Å². The van der Waals surface area contributed by atoms with E-state index in [1.54, 1.807) is 42.3 Å². The normalized spacial score (nSPS) is 20.9. The third-order valence-electron chi connectivity index (χ3n) is 6.40. The van der Waals surface area contributed by atoms with Crippen LogP contribution in [0.2, 0.25) is 0 Å². The molecular formula is C24H28N4O5S. The second kappa shape index (κ2) is 9.46. The van der Waals surface area contributed by atoms with Gasteiger partial charge in [0, 0.05) is 18.8 Å². The van der Waals surface area contributed by atoms with Crippen LogP contribution in [0.1, 0.15) is 18.4 Å². The van der Waals surface area contributed by atoms with Crippen molar-refractivity contribution in [2.45, 2.75) is 31.8 Å². The Kier molecular flexibility index (Phi) is 6.60. The van der Waals surface area contributed by atoms with Gasteiger partial charge in [0.15, 0.2) is 9.84 Å². The molecule has 2 heterocycles. The fourth-order valence-corrected chi connectivity index (χ4v) is 6.16. The molecule has 2 aromatic rings. The molecule has 2 aromatic carbocycles. The molecule has 10 heteroatoms. The first-order valence-corrected chi connectivity index (χ1v) is 12.9. The lowest BCUT2D eigenvalue weighted by molar-refractivity contribution is -0.130. The van der Waals surface area contributed by atoms with Crippen molar-refractivity contribution in [2.75, 3.05) is 40.6 Å². The van der Waals surface area contributed by atoms with E-state index in [0.717, 1.165) is 5.56 Å². The Morgan fingerprint density at radius 3 is 2.56 bits per heavy atom. The number of nitrogens with one attached hydrogen (secondary N) is 2. The summed E-state index contributed by atoms with van der Waals surface area (Å²) in [5.74, 6) is -1.03. The molecule has 180 valence electrons. The van der Waals surface area contributed by atoms with Crippen LogP contribution in [-0.4, -0.2) is 68.2 Å². The highest BCUT2D eigenvalue weighted by Crippen LogP contribution is 2.33. The number of para-hydroxylation sites is 3. The minimum atomic E-state index is -3.15. The number of sulfone groups is 1. The summed E-state index contributed by atoms with van der Waals surface area (Å²) in [6, 6.07) is 13.2. The molecule has 3 amide bonds. The highest BCUT2D eigenvalue weighted by atomic mass is 32.2. The van der Waals surface area contributed by atoms with Crippen LogP contribution in [0.3, 0.4) is 0 Å². The third-order valence-corrected chi connectivity index (χ3v) is 8.15. The number of carbonyl (C=O) groups excluding carboxylic acids is 3. The maximum atomic E-state index is 13.1. The number of anilines is 3. The zero-order chi connectivity index (χ0) is 24.5. The van der Waals surface area contributed by atoms with Crippen molar-refractivity contribution in [3.8, 4) is 0 Å². The van der Waals surface area contributed by atoms with Crippen LogP contribution >= 0.6 is 0 Å². The van der Waals surface area contributed by atoms with Crippen LogP contribution in [0, 0.1) is 6.92 Å². The molecule has 2 aliphatic heterocycles. The number of hydrogen-bond donors (Lipinski definition) is 2. The number of amides is 3. The lowest BCUT2D eigenvalue weighted by atomic mass is 10.0. The molecule has 1 saturated heterocycles. The first kappa shape index (κ1) is 23.7. The fourth-order valence-electron chi connectivity index (χ4n) is 4.39. The quantitative estimate of drug-likeness (QED) is 0.646. The average molecular weight is 485 g/mol. The van der Waals surface area contributed by atoms with Gasteiger partial charge in [-0.05, 0) is 37.1 Å². The highest BCUT2D eigenvalue weighted by molar-refractivity contribution is 7.91. The standard InChI is InChI=1S/C24H28N4O5S/c1-16-7-3-4-8-18(16)25-22(29)13-21-24(31)26-19-9-5-6-10-20(19)28(21)14-23(30)27(2)17-11-12-34(32,33)15-17/h3-10,17,21H,11-15H2,1-2H3,(H,25,29)(H,26,31)/t17-,21-/m0/s1. The molecule has 2 N–H and O–H groups in total. The Morgan fingerprint density at radius 2 is 1.85 bits per heavy atom. The third kappa shape index (κ3) is 5.06. The lowest BCUT2D eigenvalue weighted by Crippen LogP contribution is -2.54. The fraction of sp³-hybridized carbons (Fsp3) is 0.375. The van der Waals surface area contributed by atoms with E-state index in [-0.39, 0.29) is 42.2 Å². The number of carbonyl (C=O) groups is 3. The van der Waals surface area contributed by atoms with E-state index >= 15 is 0 Å². The lowest BCUT2D eigenvalue weighted by Gasteiger charge is -2.38. The molecule has 34 heavy (non-hydrogen) atoms. The Balaban J connectivity index is 1.55. The van der Waals surface area contributed by atoms with Crippen molar-refractivity contribution in [1.29, 1.82) is 0 Å². The van der Waals surface area contributed by atoms with Gasteiger partial charge in [-0.25, -0.2) is 8.42 Å². The summed E-state index contributed by atoms with van der Waals surface area (Å²) >= 11 is 0. The second-order valence-electron chi connectivity index (χ2n) is 8.78. The molecule has 0 bridgehead atoms. The van der Waals surface area contributed by atoms with Gasteiger partial charge >= 0.3 is 0 Å². The molecular weight excluding hydrogens is 456 g/mol. The van der Waals surface area contributed by atoms with E-state index in [1.165, 1.54) is 4.90 Å². The number of likely N-dealkylation sites (N-methyl/N-ethyl adjacent to an activating group) is 1. The summed E-state index contributed by atoms with van der Waals surface area (Å²) in [6.07, 6.45) is 0.243. The SMILES string of the molecule is Cc1ccccc1NC(=O)C[C@H]1C(=O)Nc2ccccc2N1CC(=O)N(C)[C@H]1CCS(=O)(=O)C1. The monoisotopic (exact) mass is 484 g/mol. The molecule has 0 aliphatic carbocycles. The van der Waals surface area contributed by atoms with Gasteiger partial charge in [-0.2, -0.15) is 0 Å². The van der Waals surface area contributed by atoms with Gasteiger partial charge in [0.05, 0.1) is 35.8 Å². The summed E-state index contributed by atoms with van der Waals surface area (Å²) in [4.78, 5) is 42.1. The molecule has 0 aromatic heterocycles. The van der Waals surface area contributed by atoms with E-state index in [1.807, 2.05) is 25.1 Å². The van der Waals surface area contributed by atoms with Gasteiger partial charge in [0.1, 0.15) is 6.04 Å². The molecule has 0 unspecified atom stereocenters. The maximum Gasteiger partial charge on any atom is 0.247 e. The van der Waals surface area contributed by atoms with Crippen molar-refractivity contribution < 1.29 is 22.8 Å². The van der Waals surface area contributed by atoms with Crippen LogP contribution < -0.4 is 15.5 Å². The largest absolute Gasteiger partial charge is 0.348 e. The second-order valence-corrected chi connectivity index (χ2v) is 11.0. The first-order chi connectivity index (χ1) is 16.1. The summed E-state index contributed by atoms with van der Waals surface area (Å²) in [5, 5.41) is 5.67. The Hall–Kier alpha value is -3.40. The number of hydrogen-bond acceptors (Lipinski definition) is 6. The van der Waals surface area contributed by atoms with Crippen molar-refractivity contribution in [2.24, 2.45) is 0 Å². The van der Waals surface area contributed by atoms with Gasteiger partial charge in [-0.3, -0.25) is 14.4 Å². The summed E-state index contributed by atoms with van der Waals surface area (Å²) in [5.41, 5.74) is 2.75. The predicted octanol–water partition coefficient (Wildman–Crippen LogP) is 1.80. The van der Waals surface area contributed by atoms with Gasteiger partial charge in [-0.15, -0.1) is 0 Å². The summed E-state index contributed by atoms with van der Waals surface area (Å²) in [6.45, 7) is 1.73. The molecule has 1 fully saturated rings. The van der Waals surface area contributed by atoms with Gasteiger partial charge in [0.2, 0.25) is 17.7 Å². The molecule has 2 aliphatic rings. The first-order valence-electron chi connectivity index (χ1n) is 11.1. The number of benzene rings is 2. The molecule has 9 nitrogen and oxygen atoms in total. The Morgan fingerprint density at radius 1 is 1.15 bits per heavy atom. The van der Waals surface area contributed by atoms with E-state index in [4.69, 9.17) is 0 Å². The minimum absolute atomic E-state index is 0.0609. The van der Waals surface area contributed by atoms with Crippen molar-refractivity contribution >= 4 is 44.6 Å². The van der Waals surface area contributed by atoms with Crippen LogP contribution in [0.25, 0.3) is 0 Å². The number of fused-ring (bicyclic) bond motifs is 1. The Bertz CT molecular complexity index is 1230. The molecule has 0 spiro atoms. The van der Waals surface area contributed by atoms with Crippen LogP contribution in [0.4, 0.5) is 17.1 Å². The molecule has 0 radical (unpaired) electrons. The van der Waals surface area contributed by atoms with E-state index in [9.17, 15) is 22.8 Å². The van der Waals surface area contributed by atoms with Gasteiger partial charge in [0.25, 0.3) is 0 Å². The average Bonchev–Trinajstić information content (AvgIpc) is 3.16. The zero-order valence-corrected chi connectivity index (χ0v) is 20.0. The summed E-state index contributed by atoms with van der Waals surface area (Å²) < 4.78 is 23.7. The Labute approximate surface area is 199 Å². The molecule has 0 saturated carbocycles. The topological polar surface area (TPSA) is 116 Å². The predicted molar refractivity (Wildman–Crippen MR) is 130 cm³/mol. The van der Waals surface area contributed by atoms with Gasteiger partial charge in [-0.1, -0.05) is 30.3 Å². The number of aryl methyl sites for hydroxylation is 1. The highest BCUT2D eigenvalue weighted by Gasteiger charge is 2.38. The van der Waals surface area contributed by atoms with Crippen LogP contribution in [0.15, 0.2) is 48.5 Å². The van der Waals surface area contributed by atoms with Crippen molar-refractivity contribution in [1.82, 2.24) is 4.90 Å². The molecule has 2 atom stereocenters. The minimum Gasteiger partial charge on any atom is -0.348 e. The number of rotatable bonds is 6. The number of nitrogens with zero attached hydrogens (tertiary/aromatic N) is 2. The molecule has 4 rings (SSSR count). The van der Waals surface area contributed by atoms with Crippen LogP contribution in [0.5, 0.6) is 0 Å². The van der Waals surface area contributed by atoms with Gasteiger partial charge < -0.3 is 20.4 Å². The smallest absolute Gasteiger partial charge is 0.247 e. The van der Waals surface area contributed by atoms with E-state index in [0.29, 0.717) is 23.5 Å². The summed E-state index contributed by atoms with van der Waals surface area (Å²) in [7, 11) is -1.56. The zero-order valence-electron chi connectivity index (χ0n) is 19.2. The van der Waals surface area contributed by atoms with E-state index < -0.39 is 21.9 Å². The van der Waals surface area contributed by atoms with Crippen molar-refractivity contribution in [3.05, 3.63) is 54.1 Å². The maximum absolute atomic E-state index is 13.1. The van der Waals surface area contributed by atoms with Crippen molar-refractivity contribution in [3.63, 3.8) is 0 Å². The van der Waals surface area contributed by atoms with Crippen LogP contribution in [-0.2, 0) is 24.2 Å².